The molecule has 0 spiro atoms. The first-order chi connectivity index (χ1) is 12.9. The Morgan fingerprint density at radius 2 is 1.86 bits per heavy atom. The van der Waals surface area contributed by atoms with E-state index in [1.54, 1.807) is 11.9 Å². The number of hydrogen-bond donors (Lipinski definition) is 0. The normalized spacial score (nSPS) is 17.8. The number of aromatic nitrogens is 2. The average molecular weight is 393 g/mol. The van der Waals surface area contributed by atoms with Crippen LogP contribution in [0.1, 0.15) is 77.5 Å². The second-order valence-electron chi connectivity index (χ2n) is 10.3. The molecule has 1 aliphatic rings. The van der Waals surface area contributed by atoms with Gasteiger partial charge >= 0.3 is 6.09 Å². The molecule has 0 bridgehead atoms. The molecule has 1 aliphatic carbocycles. The average Bonchev–Trinajstić information content (AvgIpc) is 2.91. The Kier molecular flexibility index (Phi) is 7.18. The second kappa shape index (κ2) is 8.85. The van der Waals surface area contributed by atoms with Crippen LogP contribution in [0.15, 0.2) is 6.20 Å². The van der Waals surface area contributed by atoms with Gasteiger partial charge in [0, 0.05) is 51.4 Å². The molecule has 2 rings (SSSR count). The van der Waals surface area contributed by atoms with Crippen molar-refractivity contribution in [2.45, 2.75) is 78.4 Å². The predicted octanol–water partition coefficient (Wildman–Crippen LogP) is 4.40. The molecular formula is C22H40N4O2. The largest absolute Gasteiger partial charge is 0.444 e. The van der Waals surface area contributed by atoms with Crippen molar-refractivity contribution in [2.75, 3.05) is 27.2 Å². The molecule has 1 aromatic rings. The van der Waals surface area contributed by atoms with E-state index in [-0.39, 0.29) is 6.09 Å². The van der Waals surface area contributed by atoms with E-state index >= 15 is 0 Å². The fourth-order valence-corrected chi connectivity index (χ4v) is 3.81. The van der Waals surface area contributed by atoms with Crippen molar-refractivity contribution in [3.63, 3.8) is 0 Å². The Bertz CT molecular complexity index is 650. The van der Waals surface area contributed by atoms with Crippen molar-refractivity contribution in [3.8, 4) is 0 Å². The highest BCUT2D eigenvalue weighted by molar-refractivity contribution is 5.67. The van der Waals surface area contributed by atoms with Gasteiger partial charge in [0.05, 0.1) is 5.69 Å². The zero-order valence-electron chi connectivity index (χ0n) is 19.2. The maximum atomic E-state index is 12.1. The fourth-order valence-electron chi connectivity index (χ4n) is 3.81. The van der Waals surface area contributed by atoms with E-state index in [1.807, 2.05) is 32.5 Å². The summed E-state index contributed by atoms with van der Waals surface area (Å²) in [6, 6.07) is 0. The van der Waals surface area contributed by atoms with Crippen LogP contribution in [0, 0.1) is 5.41 Å². The quantitative estimate of drug-likeness (QED) is 0.720. The molecule has 0 aliphatic heterocycles. The van der Waals surface area contributed by atoms with E-state index in [0.717, 1.165) is 13.1 Å². The number of nitrogens with zero attached hydrogens (tertiary/aromatic N) is 4. The maximum Gasteiger partial charge on any atom is 0.410 e. The van der Waals surface area contributed by atoms with Gasteiger partial charge in [-0.3, -0.25) is 4.68 Å². The van der Waals surface area contributed by atoms with Crippen molar-refractivity contribution in [3.05, 3.63) is 17.5 Å². The van der Waals surface area contributed by atoms with Gasteiger partial charge in [0.25, 0.3) is 0 Å². The molecule has 1 fully saturated rings. The third-order valence-corrected chi connectivity index (χ3v) is 5.63. The van der Waals surface area contributed by atoms with E-state index in [4.69, 9.17) is 9.84 Å². The van der Waals surface area contributed by atoms with E-state index in [1.165, 1.54) is 36.9 Å². The number of amides is 1. The van der Waals surface area contributed by atoms with Crippen molar-refractivity contribution in [1.82, 2.24) is 19.6 Å². The summed E-state index contributed by atoms with van der Waals surface area (Å²) < 4.78 is 7.37. The lowest BCUT2D eigenvalue weighted by atomic mass is 9.72. The minimum absolute atomic E-state index is 0.271. The Morgan fingerprint density at radius 1 is 1.25 bits per heavy atom. The van der Waals surface area contributed by atoms with Crippen molar-refractivity contribution in [2.24, 2.45) is 12.5 Å². The lowest BCUT2D eigenvalue weighted by Crippen LogP contribution is -2.38. The molecule has 0 aromatic carbocycles. The smallest absolute Gasteiger partial charge is 0.410 e. The van der Waals surface area contributed by atoms with Crippen molar-refractivity contribution in [1.29, 1.82) is 0 Å². The Hall–Kier alpha value is -1.56. The van der Waals surface area contributed by atoms with Crippen LogP contribution in [-0.4, -0.2) is 58.5 Å². The fraction of sp³-hybridized carbons (Fsp3) is 0.818. The molecule has 1 saturated carbocycles. The van der Waals surface area contributed by atoms with Crippen LogP contribution < -0.4 is 0 Å². The summed E-state index contributed by atoms with van der Waals surface area (Å²) in [5.74, 6) is 0.571. The Labute approximate surface area is 171 Å². The van der Waals surface area contributed by atoms with Gasteiger partial charge in [0.2, 0.25) is 0 Å². The summed E-state index contributed by atoms with van der Waals surface area (Å²) in [7, 11) is 5.90. The standard InChI is InChI=1S/C22H40N4O2/c1-21(2,3)28-20(27)25(7)14-13-24(6)15-18-16-26(8)23-19(18)17-9-11-22(4,5)12-10-17/h16-17H,9-15H2,1-8H3. The molecule has 0 unspecified atom stereocenters. The molecule has 6 heteroatoms. The van der Waals surface area contributed by atoms with Gasteiger partial charge in [-0.2, -0.15) is 5.10 Å². The van der Waals surface area contributed by atoms with E-state index < -0.39 is 5.60 Å². The topological polar surface area (TPSA) is 50.6 Å². The van der Waals surface area contributed by atoms with Gasteiger partial charge in [-0.05, 0) is 58.9 Å². The number of aryl methyl sites for hydroxylation is 1. The molecular weight excluding hydrogens is 352 g/mol. The van der Waals surface area contributed by atoms with Gasteiger partial charge in [-0.15, -0.1) is 0 Å². The lowest BCUT2D eigenvalue weighted by molar-refractivity contribution is 0.0286. The molecule has 0 radical (unpaired) electrons. The van der Waals surface area contributed by atoms with Crippen LogP contribution in [0.25, 0.3) is 0 Å². The SMILES string of the molecule is CN(CCN(C)C(=O)OC(C)(C)C)Cc1cn(C)nc1C1CCC(C)(C)CC1. The summed E-state index contributed by atoms with van der Waals surface area (Å²) in [6.07, 6.45) is 6.87. The van der Waals surface area contributed by atoms with Gasteiger partial charge in [-0.1, -0.05) is 13.8 Å². The zero-order chi connectivity index (χ0) is 21.1. The van der Waals surface area contributed by atoms with Crippen LogP contribution in [-0.2, 0) is 18.3 Å². The van der Waals surface area contributed by atoms with E-state index in [0.29, 0.717) is 17.9 Å². The number of likely N-dealkylation sites (N-methyl/N-ethyl adjacent to an activating group) is 2. The number of carbonyl (C=O) groups excluding carboxylic acids is 1. The summed E-state index contributed by atoms with van der Waals surface area (Å²) in [4.78, 5) is 16.0. The molecule has 28 heavy (non-hydrogen) atoms. The van der Waals surface area contributed by atoms with E-state index in [9.17, 15) is 4.79 Å². The van der Waals surface area contributed by atoms with Crippen LogP contribution >= 0.6 is 0 Å². The minimum Gasteiger partial charge on any atom is -0.444 e. The van der Waals surface area contributed by atoms with Crippen LogP contribution in [0.5, 0.6) is 0 Å². The maximum absolute atomic E-state index is 12.1. The number of carbonyl (C=O) groups is 1. The van der Waals surface area contributed by atoms with Crippen LogP contribution in [0.2, 0.25) is 0 Å². The summed E-state index contributed by atoms with van der Waals surface area (Å²) in [5.41, 5.74) is 2.59. The molecule has 0 atom stereocenters. The van der Waals surface area contributed by atoms with Crippen molar-refractivity contribution < 1.29 is 9.53 Å². The monoisotopic (exact) mass is 392 g/mol. The highest BCUT2D eigenvalue weighted by atomic mass is 16.6. The minimum atomic E-state index is -0.462. The van der Waals surface area contributed by atoms with Crippen molar-refractivity contribution >= 4 is 6.09 Å². The van der Waals surface area contributed by atoms with E-state index in [2.05, 4.69) is 32.0 Å². The predicted molar refractivity (Wildman–Crippen MR) is 113 cm³/mol. The summed E-state index contributed by atoms with van der Waals surface area (Å²) in [5, 5.41) is 4.80. The van der Waals surface area contributed by atoms with Gasteiger partial charge < -0.3 is 14.5 Å². The summed E-state index contributed by atoms with van der Waals surface area (Å²) >= 11 is 0. The third-order valence-electron chi connectivity index (χ3n) is 5.63. The molecule has 6 nitrogen and oxygen atoms in total. The molecule has 1 aromatic heterocycles. The first-order valence-corrected chi connectivity index (χ1v) is 10.5. The third kappa shape index (κ3) is 6.80. The first kappa shape index (κ1) is 22.7. The molecule has 160 valence electrons. The first-order valence-electron chi connectivity index (χ1n) is 10.5. The lowest BCUT2D eigenvalue weighted by Gasteiger charge is -2.34. The second-order valence-corrected chi connectivity index (χ2v) is 10.3. The highest BCUT2D eigenvalue weighted by Crippen LogP contribution is 2.42. The molecule has 1 amide bonds. The Balaban J connectivity index is 1.90. The zero-order valence-corrected chi connectivity index (χ0v) is 19.2. The number of rotatable bonds is 6. The molecule has 0 N–H and O–H groups in total. The summed E-state index contributed by atoms with van der Waals surface area (Å²) in [6.45, 7) is 12.7. The van der Waals surface area contributed by atoms with Crippen LogP contribution in [0.4, 0.5) is 4.79 Å². The molecule has 0 saturated heterocycles. The number of ether oxygens (including phenoxy) is 1. The Morgan fingerprint density at radius 3 is 2.43 bits per heavy atom. The van der Waals surface area contributed by atoms with Gasteiger partial charge in [0.1, 0.15) is 5.60 Å². The highest BCUT2D eigenvalue weighted by Gasteiger charge is 2.30. The molecule has 1 heterocycles. The van der Waals surface area contributed by atoms with Gasteiger partial charge in [0.15, 0.2) is 0 Å². The van der Waals surface area contributed by atoms with Gasteiger partial charge in [-0.25, -0.2) is 4.79 Å². The number of hydrogen-bond acceptors (Lipinski definition) is 4. The van der Waals surface area contributed by atoms with Crippen LogP contribution in [0.3, 0.4) is 0 Å².